The molecule has 1 aromatic carbocycles. The minimum atomic E-state index is -1.29. The molecule has 1 heterocycles. The van der Waals surface area contributed by atoms with E-state index in [-0.39, 0.29) is 0 Å². The van der Waals surface area contributed by atoms with E-state index in [0.29, 0.717) is 0 Å². The molecule has 0 saturated heterocycles. The molecule has 0 saturated carbocycles. The van der Waals surface area contributed by atoms with Gasteiger partial charge in [0, 0.05) is 5.19 Å². The Bertz CT molecular complexity index is 571. The lowest BCUT2D eigenvalue weighted by molar-refractivity contribution is -0.662. The molecule has 0 aliphatic carbocycles. The highest BCUT2D eigenvalue weighted by Gasteiger charge is 2.23. The van der Waals surface area contributed by atoms with Crippen LogP contribution >= 0.6 is 0 Å². The maximum Gasteiger partial charge on any atom is 0.330 e. The predicted molar refractivity (Wildman–Crippen MR) is 78.6 cm³/mol. The number of nitrogens with zero attached hydrogens (tertiary/aromatic N) is 2. The van der Waals surface area contributed by atoms with Crippen molar-refractivity contribution in [1.82, 2.24) is 4.98 Å². The Morgan fingerprint density at radius 3 is 2.33 bits per heavy atom. The normalized spacial score (nSPS) is 11.6. The zero-order valence-corrected chi connectivity index (χ0v) is 12.9. The minimum Gasteiger partial charge on any atom is -0.233 e. The first kappa shape index (κ1) is 13.0. The van der Waals surface area contributed by atoms with Crippen LogP contribution in [0.25, 0.3) is 11.4 Å². The van der Waals surface area contributed by atoms with E-state index in [2.05, 4.69) is 73.6 Å². The van der Waals surface area contributed by atoms with Crippen molar-refractivity contribution in [2.45, 2.75) is 26.6 Å². The lowest BCUT2D eigenvalue weighted by Crippen LogP contribution is -2.45. The van der Waals surface area contributed by atoms with E-state index in [0.717, 1.165) is 5.82 Å². The van der Waals surface area contributed by atoms with Gasteiger partial charge in [0.15, 0.2) is 0 Å². The summed E-state index contributed by atoms with van der Waals surface area (Å²) >= 11 is 0. The smallest absolute Gasteiger partial charge is 0.233 e. The fourth-order valence-corrected chi connectivity index (χ4v) is 3.03. The third-order valence-electron chi connectivity index (χ3n) is 3.24. The molecule has 18 heavy (non-hydrogen) atoms. The Morgan fingerprint density at radius 1 is 1.11 bits per heavy atom. The van der Waals surface area contributed by atoms with Gasteiger partial charge in [-0.25, -0.2) is 4.57 Å². The van der Waals surface area contributed by atoms with Gasteiger partial charge in [0.25, 0.3) is 0 Å². The summed E-state index contributed by atoms with van der Waals surface area (Å²) in [4.78, 5) is 4.67. The van der Waals surface area contributed by atoms with E-state index in [1.54, 1.807) is 0 Å². The van der Waals surface area contributed by atoms with Gasteiger partial charge in [-0.15, -0.1) is 0 Å². The summed E-state index contributed by atoms with van der Waals surface area (Å²) in [5.74, 6) is 1.04. The van der Waals surface area contributed by atoms with Crippen molar-refractivity contribution in [1.29, 1.82) is 0 Å². The molecule has 0 atom stereocenters. The predicted octanol–water partition coefficient (Wildman–Crippen LogP) is 2.43. The molecule has 3 heteroatoms. The number of rotatable bonds is 2. The molecule has 2 rings (SSSR count). The molecule has 0 amide bonds. The van der Waals surface area contributed by atoms with Crippen LogP contribution in [0.2, 0.25) is 19.6 Å². The molecule has 0 aliphatic rings. The lowest BCUT2D eigenvalue weighted by atomic mass is 10.1. The van der Waals surface area contributed by atoms with Gasteiger partial charge in [0.2, 0.25) is 0 Å². The van der Waals surface area contributed by atoms with Crippen LogP contribution in [0, 0.1) is 6.92 Å². The fourth-order valence-electron chi connectivity index (χ4n) is 2.00. The van der Waals surface area contributed by atoms with Crippen molar-refractivity contribution in [3.63, 3.8) is 0 Å². The van der Waals surface area contributed by atoms with Gasteiger partial charge in [-0.2, -0.15) is 0 Å². The number of hydrogen-bond donors (Lipinski definition) is 0. The molecule has 1 aromatic heterocycles. The molecular formula is C15H21N2Si+. The van der Waals surface area contributed by atoms with Gasteiger partial charge in [-0.1, -0.05) is 37.8 Å². The molecule has 0 spiro atoms. The Kier molecular flexibility index (Phi) is 3.35. The monoisotopic (exact) mass is 257 g/mol. The number of aryl methyl sites for hydroxylation is 2. The third kappa shape index (κ3) is 2.51. The van der Waals surface area contributed by atoms with Crippen molar-refractivity contribution < 1.29 is 4.57 Å². The Morgan fingerprint density at radius 2 is 1.78 bits per heavy atom. The second-order valence-corrected chi connectivity index (χ2v) is 10.9. The van der Waals surface area contributed by atoms with Crippen molar-refractivity contribution in [2.75, 3.05) is 0 Å². The molecule has 0 radical (unpaired) electrons. The second kappa shape index (κ2) is 4.65. The fraction of sp³-hybridized carbons (Fsp3) is 0.333. The average molecular weight is 257 g/mol. The van der Waals surface area contributed by atoms with E-state index < -0.39 is 8.07 Å². The molecule has 2 nitrogen and oxygen atoms in total. The van der Waals surface area contributed by atoms with Crippen molar-refractivity contribution in [3.8, 4) is 11.4 Å². The van der Waals surface area contributed by atoms with Crippen LogP contribution in [-0.4, -0.2) is 13.1 Å². The first-order chi connectivity index (χ1) is 8.39. The van der Waals surface area contributed by atoms with Crippen LogP contribution in [0.1, 0.15) is 5.56 Å². The van der Waals surface area contributed by atoms with Crippen LogP contribution < -0.4 is 9.75 Å². The average Bonchev–Trinajstić information content (AvgIpc) is 2.29. The zero-order chi connectivity index (χ0) is 13.3. The number of benzene rings is 1. The van der Waals surface area contributed by atoms with Crippen LogP contribution in [0.15, 0.2) is 36.7 Å². The first-order valence-electron chi connectivity index (χ1n) is 6.32. The Balaban J connectivity index is 2.52. The summed E-state index contributed by atoms with van der Waals surface area (Å²) in [5, 5.41) is 1.39. The molecule has 0 unspecified atom stereocenters. The summed E-state index contributed by atoms with van der Waals surface area (Å²) in [7, 11) is 0.796. The van der Waals surface area contributed by atoms with Crippen molar-refractivity contribution in [2.24, 2.45) is 7.05 Å². The SMILES string of the molecule is Cc1ccccc1-c1ncc([Si](C)(C)C)c[n+]1C. The van der Waals surface area contributed by atoms with Gasteiger partial charge in [-0.05, 0) is 23.5 Å². The quantitative estimate of drug-likeness (QED) is 0.596. The Hall–Kier alpha value is -1.48. The van der Waals surface area contributed by atoms with Crippen molar-refractivity contribution >= 4 is 13.3 Å². The highest BCUT2D eigenvalue weighted by molar-refractivity contribution is 6.88. The van der Waals surface area contributed by atoms with Gasteiger partial charge in [-0.3, -0.25) is 0 Å². The summed E-state index contributed by atoms with van der Waals surface area (Å²) in [5.41, 5.74) is 2.48. The molecule has 0 bridgehead atoms. The van der Waals surface area contributed by atoms with E-state index in [1.807, 2.05) is 6.20 Å². The Labute approximate surface area is 110 Å². The van der Waals surface area contributed by atoms with Gasteiger partial charge in [0.05, 0.1) is 26.9 Å². The zero-order valence-electron chi connectivity index (χ0n) is 11.9. The van der Waals surface area contributed by atoms with Gasteiger partial charge < -0.3 is 0 Å². The molecule has 0 aliphatic heterocycles. The third-order valence-corrected chi connectivity index (χ3v) is 5.23. The standard InChI is InChI=1S/C15H21N2Si/c1-12-8-6-7-9-14(12)15-16-10-13(11-17(15)2)18(3,4)5/h6-11H,1-5H3/q+1. The molecule has 0 N–H and O–H groups in total. The van der Waals surface area contributed by atoms with Crippen LogP contribution in [0.5, 0.6) is 0 Å². The van der Waals surface area contributed by atoms with Crippen LogP contribution in [-0.2, 0) is 7.05 Å². The summed E-state index contributed by atoms with van der Waals surface area (Å²) < 4.78 is 2.15. The summed E-state index contributed by atoms with van der Waals surface area (Å²) in [6.07, 6.45) is 4.29. The van der Waals surface area contributed by atoms with E-state index in [9.17, 15) is 0 Å². The highest BCUT2D eigenvalue weighted by atomic mass is 28.3. The largest absolute Gasteiger partial charge is 0.330 e. The van der Waals surface area contributed by atoms with Crippen LogP contribution in [0.4, 0.5) is 0 Å². The minimum absolute atomic E-state index is 1.04. The van der Waals surface area contributed by atoms with Gasteiger partial charge >= 0.3 is 5.82 Å². The topological polar surface area (TPSA) is 16.8 Å². The van der Waals surface area contributed by atoms with Crippen LogP contribution in [0.3, 0.4) is 0 Å². The van der Waals surface area contributed by atoms with E-state index in [4.69, 9.17) is 0 Å². The molecule has 2 aromatic rings. The molecular weight excluding hydrogens is 236 g/mol. The maximum absolute atomic E-state index is 4.67. The summed E-state index contributed by atoms with van der Waals surface area (Å²) in [6.45, 7) is 9.16. The molecule has 0 fully saturated rings. The maximum atomic E-state index is 4.67. The van der Waals surface area contributed by atoms with E-state index in [1.165, 1.54) is 16.3 Å². The number of aromatic nitrogens is 2. The highest BCUT2D eigenvalue weighted by Crippen LogP contribution is 2.17. The van der Waals surface area contributed by atoms with Crippen molar-refractivity contribution in [3.05, 3.63) is 42.2 Å². The van der Waals surface area contributed by atoms with E-state index >= 15 is 0 Å². The second-order valence-electron chi connectivity index (χ2n) is 5.84. The number of hydrogen-bond acceptors (Lipinski definition) is 1. The van der Waals surface area contributed by atoms with Gasteiger partial charge in [0.1, 0.15) is 6.20 Å². The molecule has 94 valence electrons. The first-order valence-corrected chi connectivity index (χ1v) is 9.82. The summed E-state index contributed by atoms with van der Waals surface area (Å²) in [6, 6.07) is 8.39. The lowest BCUT2D eigenvalue weighted by Gasteiger charge is -2.14.